The highest BCUT2D eigenvalue weighted by atomic mass is 19.1. The summed E-state index contributed by atoms with van der Waals surface area (Å²) in [7, 11) is 0. The van der Waals surface area contributed by atoms with Crippen LogP contribution in [0.4, 0.5) is 10.1 Å². The maximum Gasteiger partial charge on any atom is 0.254 e. The zero-order chi connectivity index (χ0) is 30.2. The predicted molar refractivity (Wildman–Crippen MR) is 165 cm³/mol. The van der Waals surface area contributed by atoms with E-state index in [9.17, 15) is 18.8 Å². The third kappa shape index (κ3) is 8.13. The lowest BCUT2D eigenvalue weighted by Gasteiger charge is -2.35. The molecule has 0 spiro atoms. The third-order valence-electron chi connectivity index (χ3n) is 8.90. The molecule has 1 aliphatic carbocycles. The number of hydrogen-bond donors (Lipinski definition) is 2. The van der Waals surface area contributed by atoms with Gasteiger partial charge in [-0.25, -0.2) is 4.39 Å². The van der Waals surface area contributed by atoms with Gasteiger partial charge in [0.2, 0.25) is 5.91 Å². The van der Waals surface area contributed by atoms with Crippen LogP contribution in [-0.4, -0.2) is 72.9 Å². The molecule has 2 aliphatic heterocycles. The molecule has 3 amide bonds. The van der Waals surface area contributed by atoms with Crippen molar-refractivity contribution in [3.63, 3.8) is 0 Å². The quantitative estimate of drug-likeness (QED) is 0.344. The lowest BCUT2D eigenvalue weighted by Crippen LogP contribution is -2.50. The van der Waals surface area contributed by atoms with Gasteiger partial charge in [-0.15, -0.1) is 0 Å². The molecule has 0 radical (unpaired) electrons. The molecule has 8 nitrogen and oxygen atoms in total. The normalized spacial score (nSPS) is 19.3. The Morgan fingerprint density at radius 2 is 1.63 bits per heavy atom. The van der Waals surface area contributed by atoms with Gasteiger partial charge in [-0.1, -0.05) is 39.0 Å². The fourth-order valence-corrected chi connectivity index (χ4v) is 6.45. The van der Waals surface area contributed by atoms with Gasteiger partial charge in [0.25, 0.3) is 11.8 Å². The number of halogens is 1. The monoisotopic (exact) mass is 592 g/mol. The fourth-order valence-electron chi connectivity index (χ4n) is 6.45. The predicted octanol–water partition coefficient (Wildman–Crippen LogP) is 5.73. The summed E-state index contributed by atoms with van der Waals surface area (Å²) in [5.41, 5.74) is 2.27. The average Bonchev–Trinajstić information content (AvgIpc) is 3.54. The summed E-state index contributed by atoms with van der Waals surface area (Å²) >= 11 is 0. The van der Waals surface area contributed by atoms with Crippen molar-refractivity contribution in [2.75, 3.05) is 44.6 Å². The van der Waals surface area contributed by atoms with E-state index < -0.39 is 5.82 Å². The van der Waals surface area contributed by atoms with Crippen molar-refractivity contribution in [3.05, 3.63) is 58.9 Å². The molecule has 0 unspecified atom stereocenters. The van der Waals surface area contributed by atoms with Crippen LogP contribution in [0.3, 0.4) is 0 Å². The van der Waals surface area contributed by atoms with Crippen molar-refractivity contribution in [3.8, 4) is 5.75 Å². The molecular weight excluding hydrogens is 547 g/mol. The summed E-state index contributed by atoms with van der Waals surface area (Å²) < 4.78 is 20.8. The van der Waals surface area contributed by atoms with Gasteiger partial charge in [-0.05, 0) is 80.1 Å². The maximum atomic E-state index is 14.4. The first-order valence-corrected chi connectivity index (χ1v) is 16.1. The highest BCUT2D eigenvalue weighted by Gasteiger charge is 2.28. The third-order valence-corrected chi connectivity index (χ3v) is 8.90. The topological polar surface area (TPSA) is 91.0 Å². The number of unbranched alkanes of at least 4 members (excludes halogenated alkanes) is 2. The molecule has 43 heavy (non-hydrogen) atoms. The second kappa shape index (κ2) is 14.8. The van der Waals surface area contributed by atoms with Crippen molar-refractivity contribution in [1.82, 2.24) is 15.1 Å². The zero-order valence-corrected chi connectivity index (χ0v) is 25.3. The summed E-state index contributed by atoms with van der Waals surface area (Å²) in [6, 6.07) is 9.84. The van der Waals surface area contributed by atoms with Crippen LogP contribution in [0.5, 0.6) is 5.75 Å². The summed E-state index contributed by atoms with van der Waals surface area (Å²) in [6.45, 7) is 5.37. The Morgan fingerprint density at radius 1 is 0.907 bits per heavy atom. The number of nitrogens with zero attached hydrogens (tertiary/aromatic N) is 2. The summed E-state index contributed by atoms with van der Waals surface area (Å²) in [5, 5.41) is 6.08. The standard InChI is InChI=1S/C34H45FN4O4/c1-2-3-5-10-32(40)37-28-20-26(19-27(35)22-28)34(42)39-17-15-38(16-18-39)33(41)25-11-12-31(43-29-13-14-36-23-29)30(21-25)24-8-6-4-7-9-24/h11-12,19-22,24,29,36H,2-10,13-18,23H2,1H3,(H,37,40)/t29-/m0/s1. The van der Waals surface area contributed by atoms with Crippen LogP contribution in [0.1, 0.15) is 103 Å². The lowest BCUT2D eigenvalue weighted by molar-refractivity contribution is -0.116. The largest absolute Gasteiger partial charge is 0.489 e. The number of nitrogens with one attached hydrogen (secondary N) is 2. The molecule has 1 atom stereocenters. The van der Waals surface area contributed by atoms with Gasteiger partial charge < -0.3 is 25.2 Å². The minimum Gasteiger partial charge on any atom is -0.489 e. The molecule has 0 bridgehead atoms. The van der Waals surface area contributed by atoms with Crippen LogP contribution in [0.2, 0.25) is 0 Å². The van der Waals surface area contributed by atoms with Gasteiger partial charge in [0, 0.05) is 56.0 Å². The summed E-state index contributed by atoms with van der Waals surface area (Å²) in [4.78, 5) is 42.5. The van der Waals surface area contributed by atoms with Crippen molar-refractivity contribution < 1.29 is 23.5 Å². The van der Waals surface area contributed by atoms with Gasteiger partial charge in [0.05, 0.1) is 0 Å². The van der Waals surface area contributed by atoms with E-state index in [0.29, 0.717) is 44.1 Å². The molecule has 232 valence electrons. The molecule has 3 fully saturated rings. The van der Waals surface area contributed by atoms with E-state index in [1.54, 1.807) is 9.80 Å². The van der Waals surface area contributed by atoms with Crippen molar-refractivity contribution in [1.29, 1.82) is 0 Å². The zero-order valence-electron chi connectivity index (χ0n) is 25.3. The van der Waals surface area contributed by atoms with Gasteiger partial charge in [-0.3, -0.25) is 14.4 Å². The minimum atomic E-state index is -0.575. The number of benzene rings is 2. The van der Waals surface area contributed by atoms with E-state index in [-0.39, 0.29) is 35.1 Å². The Labute approximate surface area is 254 Å². The molecule has 3 aliphatic rings. The Hall–Kier alpha value is -3.46. The van der Waals surface area contributed by atoms with Gasteiger partial charge in [0.1, 0.15) is 17.7 Å². The van der Waals surface area contributed by atoms with E-state index in [2.05, 4.69) is 17.6 Å². The number of rotatable bonds is 10. The number of carbonyl (C=O) groups is 3. The molecule has 2 N–H and O–H groups in total. The SMILES string of the molecule is CCCCCC(=O)Nc1cc(F)cc(C(=O)N2CCN(C(=O)c3ccc(O[C@H]4CCNC4)c(C4CCCCC4)c3)CC2)c1. The van der Waals surface area contributed by atoms with Gasteiger partial charge in [0.15, 0.2) is 0 Å². The highest BCUT2D eigenvalue weighted by Crippen LogP contribution is 2.39. The molecule has 5 rings (SSSR count). The van der Waals surface area contributed by atoms with Crippen molar-refractivity contribution >= 4 is 23.4 Å². The molecule has 9 heteroatoms. The maximum absolute atomic E-state index is 14.4. The van der Waals surface area contributed by atoms with Crippen LogP contribution in [0, 0.1) is 5.82 Å². The van der Waals surface area contributed by atoms with Crippen LogP contribution >= 0.6 is 0 Å². The Bertz CT molecular complexity index is 1280. The number of ether oxygens (including phenoxy) is 1. The Morgan fingerprint density at radius 3 is 2.30 bits per heavy atom. The first-order chi connectivity index (χ1) is 20.9. The molecule has 2 heterocycles. The molecule has 2 saturated heterocycles. The van der Waals surface area contributed by atoms with E-state index in [1.807, 2.05) is 18.2 Å². The van der Waals surface area contributed by atoms with Gasteiger partial charge in [-0.2, -0.15) is 0 Å². The summed E-state index contributed by atoms with van der Waals surface area (Å²) in [5.74, 6) is 0.185. The summed E-state index contributed by atoms with van der Waals surface area (Å²) in [6.07, 6.45) is 10.1. The number of hydrogen-bond acceptors (Lipinski definition) is 5. The minimum absolute atomic E-state index is 0.0444. The smallest absolute Gasteiger partial charge is 0.254 e. The fraction of sp³-hybridized carbons (Fsp3) is 0.559. The Kier molecular flexibility index (Phi) is 10.7. The molecule has 0 aromatic heterocycles. The first-order valence-electron chi connectivity index (χ1n) is 16.1. The van der Waals surface area contributed by atoms with Crippen LogP contribution in [0.15, 0.2) is 36.4 Å². The average molecular weight is 593 g/mol. The van der Waals surface area contributed by atoms with Crippen LogP contribution in [-0.2, 0) is 4.79 Å². The number of anilines is 1. The molecule has 2 aromatic rings. The van der Waals surface area contributed by atoms with E-state index in [4.69, 9.17) is 4.74 Å². The van der Waals surface area contributed by atoms with Crippen LogP contribution < -0.4 is 15.4 Å². The Balaban J connectivity index is 1.21. The van der Waals surface area contributed by atoms with Crippen molar-refractivity contribution in [2.45, 2.75) is 83.2 Å². The van der Waals surface area contributed by atoms with Crippen LogP contribution in [0.25, 0.3) is 0 Å². The first kappa shape index (κ1) is 31.0. The van der Waals surface area contributed by atoms with E-state index >= 15 is 0 Å². The lowest BCUT2D eigenvalue weighted by atomic mass is 9.83. The van der Waals surface area contributed by atoms with E-state index in [1.165, 1.54) is 37.5 Å². The second-order valence-corrected chi connectivity index (χ2v) is 12.1. The highest BCUT2D eigenvalue weighted by molar-refractivity contribution is 5.98. The molecular formula is C34H45FN4O4. The second-order valence-electron chi connectivity index (χ2n) is 12.1. The number of carbonyl (C=O) groups excluding carboxylic acids is 3. The van der Waals surface area contributed by atoms with E-state index in [0.717, 1.165) is 62.9 Å². The molecule has 1 saturated carbocycles. The van der Waals surface area contributed by atoms with Gasteiger partial charge >= 0.3 is 0 Å². The molecule has 2 aromatic carbocycles. The number of amides is 3. The van der Waals surface area contributed by atoms with Crippen molar-refractivity contribution in [2.24, 2.45) is 0 Å². The number of piperazine rings is 1.